The lowest BCUT2D eigenvalue weighted by molar-refractivity contribution is -0.0498. The number of halogens is 3. The van der Waals surface area contributed by atoms with Gasteiger partial charge in [0.05, 0.1) is 0 Å². The summed E-state index contributed by atoms with van der Waals surface area (Å²) >= 11 is 0. The van der Waals surface area contributed by atoms with Gasteiger partial charge in [0.1, 0.15) is 11.6 Å². The van der Waals surface area contributed by atoms with E-state index in [1.165, 1.54) is 24.3 Å². The maximum atomic E-state index is 13.2. The average Bonchev–Trinajstić information content (AvgIpc) is 2.36. The SMILES string of the molecule is Nc1cc(F)cc(NC(=O)c2cccc(OC(F)F)c2)c1. The number of nitrogens with two attached hydrogens (primary N) is 1. The minimum Gasteiger partial charge on any atom is -0.435 e. The third-order valence-corrected chi connectivity index (χ3v) is 2.50. The summed E-state index contributed by atoms with van der Waals surface area (Å²) in [5, 5.41) is 2.42. The van der Waals surface area contributed by atoms with Gasteiger partial charge in [-0.2, -0.15) is 8.78 Å². The fourth-order valence-corrected chi connectivity index (χ4v) is 1.70. The molecule has 0 atom stereocenters. The molecule has 2 rings (SSSR count). The van der Waals surface area contributed by atoms with Crippen molar-refractivity contribution in [3.05, 3.63) is 53.8 Å². The predicted molar refractivity (Wildman–Crippen MR) is 71.8 cm³/mol. The maximum Gasteiger partial charge on any atom is 0.387 e. The molecule has 0 saturated heterocycles. The molecule has 1 amide bonds. The first-order chi connectivity index (χ1) is 9.94. The first kappa shape index (κ1) is 14.7. The van der Waals surface area contributed by atoms with Crippen LogP contribution in [-0.2, 0) is 0 Å². The number of benzene rings is 2. The quantitative estimate of drug-likeness (QED) is 0.851. The Hall–Kier alpha value is -2.70. The Bertz CT molecular complexity index is 642. The van der Waals surface area contributed by atoms with E-state index in [1.807, 2.05) is 0 Å². The van der Waals surface area contributed by atoms with Gasteiger partial charge >= 0.3 is 6.61 Å². The number of ether oxygens (including phenoxy) is 1. The monoisotopic (exact) mass is 296 g/mol. The van der Waals surface area contributed by atoms with E-state index in [-0.39, 0.29) is 22.7 Å². The topological polar surface area (TPSA) is 64.3 Å². The minimum absolute atomic E-state index is 0.0935. The number of hydrogen-bond acceptors (Lipinski definition) is 3. The molecular formula is C14H11F3N2O2. The van der Waals surface area contributed by atoms with Gasteiger partial charge in [0.15, 0.2) is 0 Å². The van der Waals surface area contributed by atoms with Crippen LogP contribution in [0.3, 0.4) is 0 Å². The van der Waals surface area contributed by atoms with Crippen molar-refractivity contribution in [2.75, 3.05) is 11.1 Å². The van der Waals surface area contributed by atoms with Crippen LogP contribution < -0.4 is 15.8 Å². The molecule has 7 heteroatoms. The molecule has 0 aliphatic carbocycles. The van der Waals surface area contributed by atoms with E-state index in [1.54, 1.807) is 0 Å². The molecule has 21 heavy (non-hydrogen) atoms. The molecule has 0 aromatic heterocycles. The molecule has 2 aromatic carbocycles. The number of hydrogen-bond donors (Lipinski definition) is 2. The lowest BCUT2D eigenvalue weighted by Gasteiger charge is -2.08. The molecule has 4 nitrogen and oxygen atoms in total. The third kappa shape index (κ3) is 4.13. The average molecular weight is 296 g/mol. The normalized spacial score (nSPS) is 10.5. The first-order valence-corrected chi connectivity index (χ1v) is 5.86. The Labute approximate surface area is 118 Å². The molecular weight excluding hydrogens is 285 g/mol. The number of rotatable bonds is 4. The van der Waals surface area contributed by atoms with E-state index in [4.69, 9.17) is 5.73 Å². The van der Waals surface area contributed by atoms with Crippen molar-refractivity contribution >= 4 is 17.3 Å². The smallest absolute Gasteiger partial charge is 0.387 e. The Balaban J connectivity index is 2.16. The van der Waals surface area contributed by atoms with Gasteiger partial charge < -0.3 is 15.8 Å². The molecule has 0 heterocycles. The Morgan fingerprint density at radius 1 is 1.19 bits per heavy atom. The third-order valence-electron chi connectivity index (χ3n) is 2.50. The summed E-state index contributed by atoms with van der Waals surface area (Å²) in [4.78, 5) is 12.0. The highest BCUT2D eigenvalue weighted by Crippen LogP contribution is 2.19. The summed E-state index contributed by atoms with van der Waals surface area (Å²) in [6.45, 7) is -2.98. The molecule has 0 aliphatic rings. The van der Waals surface area contributed by atoms with Crippen LogP contribution in [0.15, 0.2) is 42.5 Å². The first-order valence-electron chi connectivity index (χ1n) is 5.86. The highest BCUT2D eigenvalue weighted by Gasteiger charge is 2.10. The summed E-state index contributed by atoms with van der Waals surface area (Å²) in [6.07, 6.45) is 0. The van der Waals surface area contributed by atoms with E-state index < -0.39 is 18.3 Å². The van der Waals surface area contributed by atoms with Crippen LogP contribution in [0, 0.1) is 5.82 Å². The molecule has 110 valence electrons. The Kier molecular flexibility index (Phi) is 4.32. The van der Waals surface area contributed by atoms with Gasteiger partial charge in [0.25, 0.3) is 5.91 Å². The van der Waals surface area contributed by atoms with Gasteiger partial charge in [-0.1, -0.05) is 6.07 Å². The molecule has 0 bridgehead atoms. The Morgan fingerprint density at radius 3 is 2.62 bits per heavy atom. The summed E-state index contributed by atoms with van der Waals surface area (Å²) in [5.74, 6) is -1.34. The zero-order valence-corrected chi connectivity index (χ0v) is 10.6. The van der Waals surface area contributed by atoms with Crippen LogP contribution in [0.1, 0.15) is 10.4 Å². The van der Waals surface area contributed by atoms with Gasteiger partial charge in [0, 0.05) is 16.9 Å². The van der Waals surface area contributed by atoms with Gasteiger partial charge in [-0.3, -0.25) is 4.79 Å². The number of nitrogens with one attached hydrogen (secondary N) is 1. The van der Waals surface area contributed by atoms with Crippen molar-refractivity contribution in [1.82, 2.24) is 0 Å². The molecule has 0 fully saturated rings. The van der Waals surface area contributed by atoms with Crippen molar-refractivity contribution in [3.63, 3.8) is 0 Å². The second-order valence-corrected chi connectivity index (χ2v) is 4.13. The second kappa shape index (κ2) is 6.17. The number of anilines is 2. The predicted octanol–water partition coefficient (Wildman–Crippen LogP) is 3.26. The molecule has 3 N–H and O–H groups in total. The maximum absolute atomic E-state index is 13.2. The lowest BCUT2D eigenvalue weighted by atomic mass is 10.2. The van der Waals surface area contributed by atoms with Gasteiger partial charge in [-0.25, -0.2) is 4.39 Å². The van der Waals surface area contributed by atoms with E-state index >= 15 is 0 Å². The van der Waals surface area contributed by atoms with E-state index in [9.17, 15) is 18.0 Å². The number of carbonyl (C=O) groups is 1. The van der Waals surface area contributed by atoms with E-state index in [0.717, 1.165) is 18.2 Å². The summed E-state index contributed by atoms with van der Waals surface area (Å²) < 4.78 is 41.6. The van der Waals surface area contributed by atoms with Crippen molar-refractivity contribution in [1.29, 1.82) is 0 Å². The van der Waals surface area contributed by atoms with E-state index in [2.05, 4.69) is 10.1 Å². The van der Waals surface area contributed by atoms with Crippen molar-refractivity contribution < 1.29 is 22.7 Å². The Morgan fingerprint density at radius 2 is 1.95 bits per heavy atom. The number of carbonyl (C=O) groups excluding carboxylic acids is 1. The van der Waals surface area contributed by atoms with Crippen LogP contribution >= 0.6 is 0 Å². The second-order valence-electron chi connectivity index (χ2n) is 4.13. The van der Waals surface area contributed by atoms with Crippen LogP contribution in [-0.4, -0.2) is 12.5 Å². The number of nitrogen functional groups attached to an aromatic ring is 1. The molecule has 0 saturated carbocycles. The van der Waals surface area contributed by atoms with E-state index in [0.29, 0.717) is 0 Å². The highest BCUT2D eigenvalue weighted by molar-refractivity contribution is 6.04. The fraction of sp³-hybridized carbons (Fsp3) is 0.0714. The molecule has 2 aromatic rings. The fourth-order valence-electron chi connectivity index (χ4n) is 1.70. The molecule has 0 radical (unpaired) electrons. The van der Waals surface area contributed by atoms with Crippen molar-refractivity contribution in [2.45, 2.75) is 6.61 Å². The largest absolute Gasteiger partial charge is 0.435 e. The zero-order chi connectivity index (χ0) is 15.4. The zero-order valence-electron chi connectivity index (χ0n) is 10.6. The van der Waals surface area contributed by atoms with Crippen LogP contribution in [0.25, 0.3) is 0 Å². The van der Waals surface area contributed by atoms with Crippen molar-refractivity contribution in [3.8, 4) is 5.75 Å². The van der Waals surface area contributed by atoms with Crippen LogP contribution in [0.2, 0.25) is 0 Å². The van der Waals surface area contributed by atoms with Crippen LogP contribution in [0.5, 0.6) is 5.75 Å². The standard InChI is InChI=1S/C14H11F3N2O2/c15-9-5-10(18)7-11(6-9)19-13(20)8-2-1-3-12(4-8)21-14(16)17/h1-7,14H,18H2,(H,19,20). The molecule has 0 spiro atoms. The number of alkyl halides is 2. The van der Waals surface area contributed by atoms with Gasteiger partial charge in [-0.15, -0.1) is 0 Å². The summed E-state index contributed by atoms with van der Waals surface area (Å²) in [6, 6.07) is 8.83. The van der Waals surface area contributed by atoms with Gasteiger partial charge in [-0.05, 0) is 36.4 Å². The molecule has 0 unspecified atom stereocenters. The lowest BCUT2D eigenvalue weighted by Crippen LogP contribution is -2.12. The van der Waals surface area contributed by atoms with Gasteiger partial charge in [0.2, 0.25) is 0 Å². The van der Waals surface area contributed by atoms with Crippen molar-refractivity contribution in [2.24, 2.45) is 0 Å². The van der Waals surface area contributed by atoms with Crippen LogP contribution in [0.4, 0.5) is 24.5 Å². The highest BCUT2D eigenvalue weighted by atomic mass is 19.3. The summed E-state index contributed by atoms with van der Waals surface area (Å²) in [7, 11) is 0. The number of amides is 1. The minimum atomic E-state index is -2.98. The molecule has 0 aliphatic heterocycles. The summed E-state index contributed by atoms with van der Waals surface area (Å²) in [5.41, 5.74) is 5.87.